The van der Waals surface area contributed by atoms with Crippen molar-refractivity contribution in [2.24, 2.45) is 0 Å². The van der Waals surface area contributed by atoms with E-state index in [0.29, 0.717) is 17.1 Å². The minimum absolute atomic E-state index is 0.0429. The summed E-state index contributed by atoms with van der Waals surface area (Å²) in [5, 5.41) is 19.6. The molecule has 0 amide bonds. The van der Waals surface area contributed by atoms with Crippen LogP contribution in [0.3, 0.4) is 0 Å². The number of hydrogen-bond acceptors (Lipinski definition) is 4. The number of aromatic hydroxyl groups is 1. The summed E-state index contributed by atoms with van der Waals surface area (Å²) in [6, 6.07) is 3.06. The van der Waals surface area contributed by atoms with Crippen molar-refractivity contribution >= 4 is 0 Å². The Morgan fingerprint density at radius 3 is 2.13 bits per heavy atom. The van der Waals surface area contributed by atoms with E-state index in [1.165, 1.54) is 20.3 Å². The van der Waals surface area contributed by atoms with Crippen LogP contribution in [0.5, 0.6) is 17.2 Å². The van der Waals surface area contributed by atoms with Crippen LogP contribution in [-0.2, 0) is 5.60 Å². The minimum atomic E-state index is -1.16. The van der Waals surface area contributed by atoms with Crippen molar-refractivity contribution in [1.82, 2.24) is 0 Å². The highest BCUT2D eigenvalue weighted by Crippen LogP contribution is 2.39. The Kier molecular flexibility index (Phi) is 3.09. The predicted octanol–water partition coefficient (Wildman–Crippen LogP) is 1.64. The molecule has 0 spiro atoms. The first-order valence-corrected chi connectivity index (χ1v) is 4.58. The second-order valence-corrected chi connectivity index (χ2v) is 3.78. The Balaban J connectivity index is 3.38. The number of hydrogen-bond donors (Lipinski definition) is 2. The van der Waals surface area contributed by atoms with E-state index in [2.05, 4.69) is 0 Å². The lowest BCUT2D eigenvalue weighted by atomic mass is 9.96. The third kappa shape index (κ3) is 2.33. The SMILES string of the molecule is COc1cc(O)c(C(C)(C)O)c(OC)c1. The standard InChI is InChI=1S/C11H16O4/c1-11(2,13)10-8(12)5-7(14-3)6-9(10)15-4/h5-6,12-13H,1-4H3. The highest BCUT2D eigenvalue weighted by Gasteiger charge is 2.25. The van der Waals surface area contributed by atoms with E-state index in [4.69, 9.17) is 9.47 Å². The molecule has 0 aromatic heterocycles. The lowest BCUT2D eigenvalue weighted by Crippen LogP contribution is -2.17. The van der Waals surface area contributed by atoms with Crippen molar-refractivity contribution in [2.75, 3.05) is 14.2 Å². The molecule has 1 rings (SSSR count). The van der Waals surface area contributed by atoms with Gasteiger partial charge in [0.25, 0.3) is 0 Å². The normalized spacial score (nSPS) is 11.3. The highest BCUT2D eigenvalue weighted by molar-refractivity contribution is 5.52. The van der Waals surface area contributed by atoms with Gasteiger partial charge in [-0.25, -0.2) is 0 Å². The van der Waals surface area contributed by atoms with E-state index in [0.717, 1.165) is 0 Å². The molecule has 1 aromatic carbocycles. The van der Waals surface area contributed by atoms with Crippen molar-refractivity contribution in [3.8, 4) is 17.2 Å². The van der Waals surface area contributed by atoms with Crippen LogP contribution in [0.25, 0.3) is 0 Å². The molecule has 0 heterocycles. The van der Waals surface area contributed by atoms with Gasteiger partial charge in [-0.1, -0.05) is 0 Å². The number of benzene rings is 1. The summed E-state index contributed by atoms with van der Waals surface area (Å²) in [7, 11) is 2.97. The Hall–Kier alpha value is -1.42. The first-order valence-electron chi connectivity index (χ1n) is 4.58. The Labute approximate surface area is 89.1 Å². The van der Waals surface area contributed by atoms with Crippen LogP contribution in [-0.4, -0.2) is 24.4 Å². The summed E-state index contributed by atoms with van der Waals surface area (Å²) in [6.07, 6.45) is 0. The summed E-state index contributed by atoms with van der Waals surface area (Å²) in [4.78, 5) is 0. The molecule has 0 unspecified atom stereocenters. The van der Waals surface area contributed by atoms with Gasteiger partial charge in [0.05, 0.1) is 25.4 Å². The molecule has 0 fully saturated rings. The predicted molar refractivity (Wildman–Crippen MR) is 56.5 cm³/mol. The van der Waals surface area contributed by atoms with E-state index < -0.39 is 5.60 Å². The quantitative estimate of drug-likeness (QED) is 0.799. The van der Waals surface area contributed by atoms with E-state index in [1.807, 2.05) is 0 Å². The third-order valence-electron chi connectivity index (χ3n) is 2.12. The maximum absolute atomic E-state index is 9.86. The van der Waals surface area contributed by atoms with Gasteiger partial charge in [-0.05, 0) is 13.8 Å². The summed E-state index contributed by atoms with van der Waals surface area (Å²) in [5.74, 6) is 0.843. The van der Waals surface area contributed by atoms with Crippen molar-refractivity contribution in [3.05, 3.63) is 17.7 Å². The van der Waals surface area contributed by atoms with Crippen molar-refractivity contribution < 1.29 is 19.7 Å². The smallest absolute Gasteiger partial charge is 0.132 e. The molecule has 2 N–H and O–H groups in total. The molecule has 0 aliphatic rings. The van der Waals surface area contributed by atoms with Gasteiger partial charge in [-0.2, -0.15) is 0 Å². The largest absolute Gasteiger partial charge is 0.507 e. The molecule has 1 aromatic rings. The number of phenolic OH excluding ortho intramolecular Hbond substituents is 1. The van der Waals surface area contributed by atoms with Gasteiger partial charge in [0, 0.05) is 12.1 Å². The molecule has 0 aliphatic carbocycles. The number of phenols is 1. The molecular formula is C11H16O4. The fraction of sp³-hybridized carbons (Fsp3) is 0.455. The fourth-order valence-electron chi connectivity index (χ4n) is 1.47. The zero-order valence-corrected chi connectivity index (χ0v) is 9.37. The summed E-state index contributed by atoms with van der Waals surface area (Å²) in [6.45, 7) is 3.16. The van der Waals surface area contributed by atoms with Crippen LogP contribution < -0.4 is 9.47 Å². The van der Waals surface area contributed by atoms with Gasteiger partial charge in [0.15, 0.2) is 0 Å². The zero-order chi connectivity index (χ0) is 11.6. The molecule has 4 heteroatoms. The minimum Gasteiger partial charge on any atom is -0.507 e. The average molecular weight is 212 g/mol. The molecule has 0 atom stereocenters. The van der Waals surface area contributed by atoms with Crippen LogP contribution in [0.1, 0.15) is 19.4 Å². The van der Waals surface area contributed by atoms with Gasteiger partial charge >= 0.3 is 0 Å². The monoisotopic (exact) mass is 212 g/mol. The zero-order valence-electron chi connectivity index (χ0n) is 9.37. The second kappa shape index (κ2) is 3.98. The lowest BCUT2D eigenvalue weighted by molar-refractivity contribution is 0.0727. The van der Waals surface area contributed by atoms with E-state index >= 15 is 0 Å². The van der Waals surface area contributed by atoms with Gasteiger partial charge in [-0.15, -0.1) is 0 Å². The first-order chi connectivity index (χ1) is 6.90. The highest BCUT2D eigenvalue weighted by atomic mass is 16.5. The summed E-state index contributed by atoms with van der Waals surface area (Å²) < 4.78 is 10.1. The van der Waals surface area contributed by atoms with Gasteiger partial charge in [0.1, 0.15) is 17.2 Å². The number of ether oxygens (including phenoxy) is 2. The summed E-state index contributed by atoms with van der Waals surface area (Å²) in [5.41, 5.74) is -0.812. The molecule has 84 valence electrons. The average Bonchev–Trinajstić information content (AvgIpc) is 2.14. The van der Waals surface area contributed by atoms with Gasteiger partial charge < -0.3 is 19.7 Å². The van der Waals surface area contributed by atoms with Crippen molar-refractivity contribution in [2.45, 2.75) is 19.4 Å². The van der Waals surface area contributed by atoms with Crippen LogP contribution in [0, 0.1) is 0 Å². The van der Waals surface area contributed by atoms with Gasteiger partial charge in [0.2, 0.25) is 0 Å². The fourth-order valence-corrected chi connectivity index (χ4v) is 1.47. The maximum Gasteiger partial charge on any atom is 0.132 e. The molecule has 0 saturated carbocycles. The van der Waals surface area contributed by atoms with Crippen molar-refractivity contribution in [3.63, 3.8) is 0 Å². The van der Waals surface area contributed by atoms with Crippen LogP contribution in [0.15, 0.2) is 12.1 Å². The molecule has 0 radical (unpaired) electrons. The molecule has 4 nitrogen and oxygen atoms in total. The molecule has 0 aliphatic heterocycles. The summed E-state index contributed by atoms with van der Waals surface area (Å²) >= 11 is 0. The number of aliphatic hydroxyl groups is 1. The van der Waals surface area contributed by atoms with Gasteiger partial charge in [-0.3, -0.25) is 0 Å². The number of methoxy groups -OCH3 is 2. The molecule has 0 saturated heterocycles. The molecule has 15 heavy (non-hydrogen) atoms. The molecular weight excluding hydrogens is 196 g/mol. The maximum atomic E-state index is 9.86. The molecule has 0 bridgehead atoms. The Morgan fingerprint density at radius 2 is 1.73 bits per heavy atom. The third-order valence-corrected chi connectivity index (χ3v) is 2.12. The van der Waals surface area contributed by atoms with Crippen molar-refractivity contribution in [1.29, 1.82) is 0 Å². The van der Waals surface area contributed by atoms with E-state index in [9.17, 15) is 10.2 Å². The Morgan fingerprint density at radius 1 is 1.13 bits per heavy atom. The Bertz CT molecular complexity index is 352. The van der Waals surface area contributed by atoms with E-state index in [-0.39, 0.29) is 5.75 Å². The number of rotatable bonds is 3. The van der Waals surface area contributed by atoms with E-state index in [1.54, 1.807) is 19.9 Å². The topological polar surface area (TPSA) is 58.9 Å². The first kappa shape index (κ1) is 11.7. The lowest BCUT2D eigenvalue weighted by Gasteiger charge is -2.22. The van der Waals surface area contributed by atoms with Crippen LogP contribution >= 0.6 is 0 Å². The van der Waals surface area contributed by atoms with Crippen LogP contribution in [0.2, 0.25) is 0 Å². The van der Waals surface area contributed by atoms with Crippen LogP contribution in [0.4, 0.5) is 0 Å². The second-order valence-electron chi connectivity index (χ2n) is 3.78.